The molecule has 154 valence electrons. The Labute approximate surface area is 175 Å². The van der Waals surface area contributed by atoms with Crippen molar-refractivity contribution in [3.8, 4) is 11.1 Å². The Morgan fingerprint density at radius 1 is 1.03 bits per heavy atom. The quantitative estimate of drug-likeness (QED) is 0.706. The lowest BCUT2D eigenvalue weighted by atomic mass is 9.97. The van der Waals surface area contributed by atoms with E-state index >= 15 is 0 Å². The van der Waals surface area contributed by atoms with Gasteiger partial charge in [0.15, 0.2) is 5.82 Å². The van der Waals surface area contributed by atoms with E-state index in [-0.39, 0.29) is 24.3 Å². The number of nitrogens with one attached hydrogen (secondary N) is 1. The molecule has 0 radical (unpaired) electrons. The van der Waals surface area contributed by atoms with Gasteiger partial charge in [0.25, 0.3) is 5.91 Å². The molecule has 1 aliphatic rings. The molecule has 2 heterocycles. The summed E-state index contributed by atoms with van der Waals surface area (Å²) in [4.78, 5) is 31.0. The first-order valence-electron chi connectivity index (χ1n) is 10.1. The molecule has 0 spiro atoms. The minimum atomic E-state index is -0.251. The van der Waals surface area contributed by atoms with E-state index in [0.717, 1.165) is 24.0 Å². The van der Waals surface area contributed by atoms with Gasteiger partial charge in [0.05, 0.1) is 6.54 Å². The van der Waals surface area contributed by atoms with Gasteiger partial charge in [-0.15, -0.1) is 0 Å². The van der Waals surface area contributed by atoms with Crippen molar-refractivity contribution in [1.29, 1.82) is 0 Å². The van der Waals surface area contributed by atoms with Crippen LogP contribution in [0.15, 0.2) is 59.1 Å². The van der Waals surface area contributed by atoms with E-state index in [4.69, 9.17) is 4.52 Å². The normalized spacial score (nSPS) is 14.5. The van der Waals surface area contributed by atoms with Gasteiger partial charge in [0.2, 0.25) is 11.8 Å². The number of aryl methyl sites for hydroxylation is 1. The third kappa shape index (κ3) is 4.56. The molecule has 0 unspecified atom stereocenters. The van der Waals surface area contributed by atoms with Crippen molar-refractivity contribution < 1.29 is 14.1 Å². The number of piperidine rings is 1. The average Bonchev–Trinajstić information content (AvgIpc) is 3.24. The molecule has 7 nitrogen and oxygen atoms in total. The SMILES string of the molecule is Cc1noc(C2CCN(C(=O)CNC(=O)c3ccc(-c4ccccc4)cc3)CC2)n1. The molecule has 2 aromatic carbocycles. The molecule has 0 atom stereocenters. The Morgan fingerprint density at radius 2 is 1.70 bits per heavy atom. The summed E-state index contributed by atoms with van der Waals surface area (Å²) in [5.74, 6) is 1.13. The van der Waals surface area contributed by atoms with E-state index in [9.17, 15) is 9.59 Å². The number of likely N-dealkylation sites (tertiary alicyclic amines) is 1. The summed E-state index contributed by atoms with van der Waals surface area (Å²) in [5.41, 5.74) is 2.68. The first-order chi connectivity index (χ1) is 14.6. The van der Waals surface area contributed by atoms with Gasteiger partial charge in [-0.25, -0.2) is 0 Å². The Bertz CT molecular complexity index is 1010. The largest absolute Gasteiger partial charge is 0.343 e. The van der Waals surface area contributed by atoms with E-state index in [1.54, 1.807) is 24.0 Å². The fraction of sp³-hybridized carbons (Fsp3) is 0.304. The minimum Gasteiger partial charge on any atom is -0.343 e. The Morgan fingerprint density at radius 3 is 2.33 bits per heavy atom. The van der Waals surface area contributed by atoms with Crippen LogP contribution < -0.4 is 5.32 Å². The van der Waals surface area contributed by atoms with Gasteiger partial charge in [-0.05, 0) is 43.0 Å². The van der Waals surface area contributed by atoms with Crippen molar-refractivity contribution in [2.24, 2.45) is 0 Å². The topological polar surface area (TPSA) is 88.3 Å². The van der Waals surface area contributed by atoms with Crippen LogP contribution in [0.1, 0.15) is 40.8 Å². The van der Waals surface area contributed by atoms with E-state index in [2.05, 4.69) is 15.5 Å². The van der Waals surface area contributed by atoms with Crippen molar-refractivity contribution in [2.75, 3.05) is 19.6 Å². The molecule has 3 aromatic rings. The van der Waals surface area contributed by atoms with E-state index in [0.29, 0.717) is 30.4 Å². The molecule has 7 heteroatoms. The third-order valence-corrected chi connectivity index (χ3v) is 5.39. The Hall–Kier alpha value is -3.48. The highest BCUT2D eigenvalue weighted by Crippen LogP contribution is 2.26. The lowest BCUT2D eigenvalue weighted by molar-refractivity contribution is -0.131. The van der Waals surface area contributed by atoms with Gasteiger partial charge in [0, 0.05) is 24.6 Å². The van der Waals surface area contributed by atoms with Crippen molar-refractivity contribution in [1.82, 2.24) is 20.4 Å². The Balaban J connectivity index is 1.26. The number of amides is 2. The fourth-order valence-corrected chi connectivity index (χ4v) is 3.67. The van der Waals surface area contributed by atoms with Crippen molar-refractivity contribution in [3.05, 3.63) is 71.9 Å². The second kappa shape index (κ2) is 8.90. The summed E-state index contributed by atoms with van der Waals surface area (Å²) >= 11 is 0. The second-order valence-electron chi connectivity index (χ2n) is 7.46. The van der Waals surface area contributed by atoms with Crippen molar-refractivity contribution in [3.63, 3.8) is 0 Å². The van der Waals surface area contributed by atoms with Gasteiger partial charge >= 0.3 is 0 Å². The van der Waals surface area contributed by atoms with Crippen LogP contribution >= 0.6 is 0 Å². The maximum Gasteiger partial charge on any atom is 0.251 e. The molecule has 0 bridgehead atoms. The first-order valence-corrected chi connectivity index (χ1v) is 10.1. The van der Waals surface area contributed by atoms with E-state index < -0.39 is 0 Å². The van der Waals surface area contributed by atoms with Gasteiger partial charge < -0.3 is 14.7 Å². The molecule has 4 rings (SSSR count). The molecule has 1 saturated heterocycles. The lowest BCUT2D eigenvalue weighted by Crippen LogP contribution is -2.43. The van der Waals surface area contributed by atoms with Crippen LogP contribution in [0.4, 0.5) is 0 Å². The highest BCUT2D eigenvalue weighted by atomic mass is 16.5. The Kier molecular flexibility index (Phi) is 5.88. The molecule has 1 aliphatic heterocycles. The molecule has 0 aliphatic carbocycles. The van der Waals surface area contributed by atoms with E-state index in [1.807, 2.05) is 42.5 Å². The average molecular weight is 404 g/mol. The number of benzene rings is 2. The van der Waals surface area contributed by atoms with Crippen LogP contribution in [-0.4, -0.2) is 46.5 Å². The van der Waals surface area contributed by atoms with Crippen LogP contribution in [0.3, 0.4) is 0 Å². The minimum absolute atomic E-state index is 0.0103. The summed E-state index contributed by atoms with van der Waals surface area (Å²) in [6, 6.07) is 17.4. The zero-order valence-corrected chi connectivity index (χ0v) is 16.9. The first kappa shape index (κ1) is 19.8. The van der Waals surface area contributed by atoms with Gasteiger partial charge in [0.1, 0.15) is 0 Å². The van der Waals surface area contributed by atoms with Crippen LogP contribution in [0.2, 0.25) is 0 Å². The maximum atomic E-state index is 12.5. The fourth-order valence-electron chi connectivity index (χ4n) is 3.67. The summed E-state index contributed by atoms with van der Waals surface area (Å²) in [7, 11) is 0. The number of carbonyl (C=O) groups excluding carboxylic acids is 2. The second-order valence-corrected chi connectivity index (χ2v) is 7.46. The lowest BCUT2D eigenvalue weighted by Gasteiger charge is -2.30. The summed E-state index contributed by atoms with van der Waals surface area (Å²) in [5, 5.41) is 6.56. The summed E-state index contributed by atoms with van der Waals surface area (Å²) in [6.45, 7) is 3.02. The van der Waals surface area contributed by atoms with Gasteiger partial charge in [-0.3, -0.25) is 9.59 Å². The number of rotatable bonds is 5. The smallest absolute Gasteiger partial charge is 0.251 e. The predicted molar refractivity (Wildman–Crippen MR) is 112 cm³/mol. The molecule has 2 amide bonds. The van der Waals surface area contributed by atoms with Gasteiger partial charge in [-0.2, -0.15) is 4.98 Å². The predicted octanol–water partition coefficient (Wildman–Crippen LogP) is 3.18. The molecule has 1 N–H and O–H groups in total. The zero-order chi connectivity index (χ0) is 20.9. The third-order valence-electron chi connectivity index (χ3n) is 5.39. The van der Waals surface area contributed by atoms with Crippen molar-refractivity contribution in [2.45, 2.75) is 25.7 Å². The van der Waals surface area contributed by atoms with Crippen molar-refractivity contribution >= 4 is 11.8 Å². The number of carbonyl (C=O) groups is 2. The molecule has 1 aromatic heterocycles. The molecule has 30 heavy (non-hydrogen) atoms. The summed E-state index contributed by atoms with van der Waals surface area (Å²) in [6.07, 6.45) is 1.56. The van der Waals surface area contributed by atoms with Crippen LogP contribution in [0.25, 0.3) is 11.1 Å². The molecular formula is C23H24N4O3. The summed E-state index contributed by atoms with van der Waals surface area (Å²) < 4.78 is 5.24. The number of aromatic nitrogens is 2. The molecule has 0 saturated carbocycles. The number of nitrogens with zero attached hydrogens (tertiary/aromatic N) is 3. The number of hydrogen-bond acceptors (Lipinski definition) is 5. The van der Waals surface area contributed by atoms with E-state index in [1.165, 1.54) is 0 Å². The monoisotopic (exact) mass is 404 g/mol. The van der Waals surface area contributed by atoms with Crippen LogP contribution in [0, 0.1) is 6.92 Å². The highest BCUT2D eigenvalue weighted by molar-refractivity contribution is 5.96. The zero-order valence-electron chi connectivity index (χ0n) is 16.9. The molecule has 1 fully saturated rings. The number of hydrogen-bond donors (Lipinski definition) is 1. The highest BCUT2D eigenvalue weighted by Gasteiger charge is 2.27. The maximum absolute atomic E-state index is 12.5. The van der Waals surface area contributed by atoms with Crippen LogP contribution in [0.5, 0.6) is 0 Å². The van der Waals surface area contributed by atoms with Gasteiger partial charge in [-0.1, -0.05) is 47.6 Å². The molecular weight excluding hydrogens is 380 g/mol. The van der Waals surface area contributed by atoms with Crippen LogP contribution in [-0.2, 0) is 4.79 Å². The standard InChI is InChI=1S/C23H24N4O3/c1-16-25-23(30-26-16)20-11-13-27(14-12-20)21(28)15-24-22(29)19-9-7-18(8-10-19)17-5-3-2-4-6-17/h2-10,20H,11-15H2,1H3,(H,24,29).